The molecule has 0 amide bonds. The van der Waals surface area contributed by atoms with Gasteiger partial charge in [0.1, 0.15) is 11.9 Å². The molecule has 0 radical (unpaired) electrons. The number of rotatable bonds is 8. The molecule has 0 spiro atoms. The molecule has 12 heteroatoms. The number of fused-ring (bicyclic) bond motifs is 1. The van der Waals surface area contributed by atoms with Crippen molar-refractivity contribution in [3.63, 3.8) is 0 Å². The van der Waals surface area contributed by atoms with Gasteiger partial charge in [-0.3, -0.25) is 15.0 Å². The zero-order chi connectivity index (χ0) is 29.9. The van der Waals surface area contributed by atoms with Crippen LogP contribution >= 0.6 is 23.2 Å². The van der Waals surface area contributed by atoms with Crippen molar-refractivity contribution in [2.45, 2.75) is 31.8 Å². The SMILES string of the molecule is CCN1CCC(N2C=C(C(Nc3cc(Cl)c4ncc(C#N)c(Nc5ccc(F)c(Cl)c5)c4c3)c3cccnc3)NN2)CC1. The van der Waals surface area contributed by atoms with Gasteiger partial charge < -0.3 is 21.0 Å². The Kier molecular flexibility index (Phi) is 8.49. The van der Waals surface area contributed by atoms with Gasteiger partial charge in [0.25, 0.3) is 0 Å². The molecule has 4 aromatic rings. The summed E-state index contributed by atoms with van der Waals surface area (Å²) in [6.07, 6.45) is 9.28. The van der Waals surface area contributed by atoms with E-state index in [0.717, 1.165) is 43.7 Å². The minimum absolute atomic E-state index is 0.0301. The molecule has 4 N–H and O–H groups in total. The Morgan fingerprint density at radius 1 is 1.12 bits per heavy atom. The van der Waals surface area contributed by atoms with Crippen molar-refractivity contribution in [1.29, 1.82) is 5.26 Å². The highest BCUT2D eigenvalue weighted by Crippen LogP contribution is 2.37. The lowest BCUT2D eigenvalue weighted by Gasteiger charge is -2.35. The van der Waals surface area contributed by atoms with Crippen LogP contribution in [0.1, 0.15) is 36.9 Å². The maximum absolute atomic E-state index is 13.8. The van der Waals surface area contributed by atoms with E-state index in [1.165, 1.54) is 18.3 Å². The summed E-state index contributed by atoms with van der Waals surface area (Å²) in [6.45, 7) is 5.41. The molecule has 4 heterocycles. The molecule has 6 rings (SSSR count). The fourth-order valence-corrected chi connectivity index (χ4v) is 5.98. The smallest absolute Gasteiger partial charge is 0.141 e. The number of nitriles is 1. The average Bonchev–Trinajstić information content (AvgIpc) is 3.52. The van der Waals surface area contributed by atoms with Crippen molar-refractivity contribution < 1.29 is 4.39 Å². The normalized spacial score (nSPS) is 16.4. The van der Waals surface area contributed by atoms with Crippen molar-refractivity contribution in [2.75, 3.05) is 30.3 Å². The lowest BCUT2D eigenvalue weighted by Crippen LogP contribution is -2.48. The van der Waals surface area contributed by atoms with E-state index >= 15 is 0 Å². The van der Waals surface area contributed by atoms with E-state index in [1.807, 2.05) is 30.5 Å². The highest BCUT2D eigenvalue weighted by Gasteiger charge is 2.29. The molecule has 1 saturated heterocycles. The zero-order valence-electron chi connectivity index (χ0n) is 23.4. The summed E-state index contributed by atoms with van der Waals surface area (Å²) in [7, 11) is 0. The predicted octanol–water partition coefficient (Wildman–Crippen LogP) is 6.49. The van der Waals surface area contributed by atoms with Crippen LogP contribution in [0.3, 0.4) is 0 Å². The Hall–Kier alpha value is -4.14. The Bertz CT molecular complexity index is 1700. The van der Waals surface area contributed by atoms with Crippen LogP contribution in [-0.2, 0) is 0 Å². The summed E-state index contributed by atoms with van der Waals surface area (Å²) < 4.78 is 13.8. The van der Waals surface area contributed by atoms with Gasteiger partial charge >= 0.3 is 0 Å². The standard InChI is InChI=1S/C31H30Cl2FN9/c1-2-42-10-7-23(8-11-42)43-18-28(40-41-43)30(19-4-3-9-36-16-19)39-22-12-24-29(38-21-5-6-27(34)25(32)13-21)20(15-35)17-37-31(24)26(33)14-22/h3-6,9,12-14,16-18,23,30,39-41H,2,7-8,10-11H2,1H3,(H,37,38). The monoisotopic (exact) mass is 617 g/mol. The first kappa shape index (κ1) is 29.0. The van der Waals surface area contributed by atoms with Gasteiger partial charge in [-0.1, -0.05) is 36.2 Å². The number of anilines is 3. The molecular weight excluding hydrogens is 588 g/mol. The molecule has 2 aliphatic heterocycles. The molecule has 0 bridgehead atoms. The van der Waals surface area contributed by atoms with Crippen molar-refractivity contribution in [3.05, 3.63) is 99.9 Å². The number of likely N-dealkylation sites (tertiary alicyclic amines) is 1. The third-order valence-electron chi connectivity index (χ3n) is 7.88. The van der Waals surface area contributed by atoms with Crippen LogP contribution in [0.5, 0.6) is 0 Å². The second kappa shape index (κ2) is 12.6. The third-order valence-corrected chi connectivity index (χ3v) is 8.46. The van der Waals surface area contributed by atoms with E-state index < -0.39 is 5.82 Å². The van der Waals surface area contributed by atoms with E-state index in [0.29, 0.717) is 44.6 Å². The fraction of sp³-hybridized carbons (Fsp3) is 0.258. The Morgan fingerprint density at radius 3 is 2.65 bits per heavy atom. The van der Waals surface area contributed by atoms with Crippen molar-refractivity contribution in [1.82, 2.24) is 30.8 Å². The van der Waals surface area contributed by atoms with Crippen LogP contribution in [0.25, 0.3) is 10.9 Å². The van der Waals surface area contributed by atoms with Crippen LogP contribution in [0.4, 0.5) is 21.5 Å². The summed E-state index contributed by atoms with van der Waals surface area (Å²) in [6, 6.07) is 14.2. The number of nitrogens with zero attached hydrogens (tertiary/aromatic N) is 5. The molecule has 0 saturated carbocycles. The zero-order valence-corrected chi connectivity index (χ0v) is 24.9. The molecule has 2 aliphatic rings. The van der Waals surface area contributed by atoms with Crippen molar-refractivity contribution in [2.24, 2.45) is 0 Å². The lowest BCUT2D eigenvalue weighted by atomic mass is 10.0. The number of piperidine rings is 1. The summed E-state index contributed by atoms with van der Waals surface area (Å²) in [5.41, 5.74) is 11.1. The van der Waals surface area contributed by atoms with Crippen LogP contribution in [-0.4, -0.2) is 45.6 Å². The maximum atomic E-state index is 13.8. The molecular formula is C31H30Cl2FN9. The number of pyridine rings is 2. The first-order valence-electron chi connectivity index (χ1n) is 14.1. The summed E-state index contributed by atoms with van der Waals surface area (Å²) in [5.74, 6) is -0.530. The van der Waals surface area contributed by atoms with Crippen LogP contribution in [0.2, 0.25) is 10.0 Å². The number of hydrazine groups is 2. The van der Waals surface area contributed by atoms with E-state index in [4.69, 9.17) is 23.2 Å². The highest BCUT2D eigenvalue weighted by molar-refractivity contribution is 6.36. The first-order valence-corrected chi connectivity index (χ1v) is 14.8. The molecule has 2 aromatic carbocycles. The quantitative estimate of drug-likeness (QED) is 0.176. The van der Waals surface area contributed by atoms with Gasteiger partial charge in [-0.2, -0.15) is 5.26 Å². The van der Waals surface area contributed by atoms with Gasteiger partial charge in [0.2, 0.25) is 0 Å². The van der Waals surface area contributed by atoms with Crippen molar-refractivity contribution >= 4 is 51.2 Å². The van der Waals surface area contributed by atoms with Crippen LogP contribution in [0, 0.1) is 17.1 Å². The number of hydrogen-bond donors (Lipinski definition) is 4. The summed E-state index contributed by atoms with van der Waals surface area (Å²) in [5, 5.41) is 19.9. The van der Waals surface area contributed by atoms with E-state index in [2.05, 4.69) is 60.7 Å². The highest BCUT2D eigenvalue weighted by atomic mass is 35.5. The maximum Gasteiger partial charge on any atom is 0.141 e. The van der Waals surface area contributed by atoms with Gasteiger partial charge in [0, 0.05) is 60.7 Å². The van der Waals surface area contributed by atoms with Gasteiger partial charge in [0.15, 0.2) is 0 Å². The van der Waals surface area contributed by atoms with E-state index in [-0.39, 0.29) is 11.1 Å². The second-order valence-corrected chi connectivity index (χ2v) is 11.3. The molecule has 1 fully saturated rings. The van der Waals surface area contributed by atoms with Gasteiger partial charge in [-0.25, -0.2) is 4.39 Å². The topological polar surface area (TPSA) is 104 Å². The molecule has 2 aromatic heterocycles. The van der Waals surface area contributed by atoms with E-state index in [9.17, 15) is 9.65 Å². The molecule has 9 nitrogen and oxygen atoms in total. The average molecular weight is 619 g/mol. The summed E-state index contributed by atoms with van der Waals surface area (Å²) >= 11 is 12.8. The summed E-state index contributed by atoms with van der Waals surface area (Å²) in [4.78, 5) is 11.3. The lowest BCUT2D eigenvalue weighted by molar-refractivity contribution is 0.112. The van der Waals surface area contributed by atoms with Gasteiger partial charge in [-0.05, 0) is 61.3 Å². The molecule has 0 aliphatic carbocycles. The Balaban J connectivity index is 1.35. The van der Waals surface area contributed by atoms with Gasteiger partial charge in [-0.15, -0.1) is 5.53 Å². The third kappa shape index (κ3) is 6.17. The molecule has 1 unspecified atom stereocenters. The first-order chi connectivity index (χ1) is 20.9. The molecule has 43 heavy (non-hydrogen) atoms. The largest absolute Gasteiger partial charge is 0.373 e. The molecule has 220 valence electrons. The van der Waals surface area contributed by atoms with Crippen LogP contribution in [0.15, 0.2) is 73.0 Å². The predicted molar refractivity (Wildman–Crippen MR) is 168 cm³/mol. The fourth-order valence-electron chi connectivity index (χ4n) is 5.54. The number of aromatic nitrogens is 2. The Labute approximate surface area is 259 Å². The number of halogens is 3. The Morgan fingerprint density at radius 2 is 1.93 bits per heavy atom. The minimum Gasteiger partial charge on any atom is -0.373 e. The number of benzene rings is 2. The second-order valence-electron chi connectivity index (χ2n) is 10.5. The van der Waals surface area contributed by atoms with Crippen LogP contribution < -0.4 is 21.6 Å². The van der Waals surface area contributed by atoms with E-state index in [1.54, 1.807) is 12.3 Å². The molecule has 1 atom stereocenters. The minimum atomic E-state index is -0.530. The van der Waals surface area contributed by atoms with Gasteiger partial charge in [0.05, 0.1) is 38.6 Å². The number of hydrogen-bond acceptors (Lipinski definition) is 9. The number of nitrogens with one attached hydrogen (secondary N) is 4. The van der Waals surface area contributed by atoms with Crippen molar-refractivity contribution in [3.8, 4) is 6.07 Å².